The highest BCUT2D eigenvalue weighted by atomic mass is 14.0. The van der Waals surface area contributed by atoms with Crippen LogP contribution >= 0.6 is 0 Å². The number of hydrogen-bond donors (Lipinski definition) is 0. The zero-order valence-electron chi connectivity index (χ0n) is 16.7. The summed E-state index contributed by atoms with van der Waals surface area (Å²) < 4.78 is 0. The van der Waals surface area contributed by atoms with Gasteiger partial charge in [-0.3, -0.25) is 0 Å². The number of unbranched alkanes of at least 4 members (excludes halogenated alkanes) is 3. The molecule has 0 atom stereocenters. The average molecular weight is 347 g/mol. The zero-order chi connectivity index (χ0) is 18.9. The van der Waals surface area contributed by atoms with Crippen molar-refractivity contribution in [3.8, 4) is 0 Å². The molecule has 0 N–H and O–H groups in total. The Balaban J connectivity index is 0.000000207. The van der Waals surface area contributed by atoms with Crippen LogP contribution in [0.4, 0.5) is 0 Å². The van der Waals surface area contributed by atoms with Crippen LogP contribution < -0.4 is 0 Å². The molecule has 0 heterocycles. The normalized spacial score (nSPS) is 9.35. The van der Waals surface area contributed by atoms with Crippen molar-refractivity contribution >= 4 is 0 Å². The maximum Gasteiger partial charge on any atom is -0.0279 e. The third kappa shape index (κ3) is 12.1. The fraction of sp³-hybridized carbons (Fsp3) is 0.308. The minimum absolute atomic E-state index is 1.25. The van der Waals surface area contributed by atoms with Gasteiger partial charge in [-0.05, 0) is 32.3 Å². The Morgan fingerprint density at radius 3 is 1.27 bits per heavy atom. The molecule has 26 heavy (non-hydrogen) atoms. The Labute approximate surface area is 160 Å². The van der Waals surface area contributed by atoms with Gasteiger partial charge in [-0.15, -0.1) is 0 Å². The molecule has 3 rings (SSSR count). The van der Waals surface area contributed by atoms with Crippen molar-refractivity contribution in [3.63, 3.8) is 0 Å². The summed E-state index contributed by atoms with van der Waals surface area (Å²) in [7, 11) is 0. The topological polar surface area (TPSA) is 0 Å². The van der Waals surface area contributed by atoms with Crippen LogP contribution in [0.25, 0.3) is 0 Å². The van der Waals surface area contributed by atoms with E-state index in [0.717, 1.165) is 0 Å². The molecule has 0 unspecified atom stereocenters. The van der Waals surface area contributed by atoms with Gasteiger partial charge in [0.25, 0.3) is 0 Å². The van der Waals surface area contributed by atoms with Gasteiger partial charge in [0.2, 0.25) is 0 Å². The second-order valence-corrected chi connectivity index (χ2v) is 6.61. The van der Waals surface area contributed by atoms with Gasteiger partial charge in [0.15, 0.2) is 0 Å². The maximum atomic E-state index is 2.25. The highest BCUT2D eigenvalue weighted by molar-refractivity contribution is 5.14. The molecule has 0 aliphatic rings. The molecule has 0 saturated heterocycles. The zero-order valence-corrected chi connectivity index (χ0v) is 16.7. The van der Waals surface area contributed by atoms with Crippen LogP contribution in [-0.2, 0) is 6.42 Å². The molecular weight excluding hydrogens is 312 g/mol. The lowest BCUT2D eigenvalue weighted by Crippen LogP contribution is -1.84. The smallest absolute Gasteiger partial charge is 0.0279 e. The van der Waals surface area contributed by atoms with Crippen molar-refractivity contribution in [1.29, 1.82) is 0 Å². The third-order valence-corrected chi connectivity index (χ3v) is 4.04. The molecule has 0 bridgehead atoms. The number of aryl methyl sites for hydroxylation is 3. The summed E-state index contributed by atoms with van der Waals surface area (Å²) in [6.07, 6.45) is 6.69. The fourth-order valence-corrected chi connectivity index (χ4v) is 2.47. The summed E-state index contributed by atoms with van der Waals surface area (Å²) in [6.45, 7) is 6.42. The summed E-state index contributed by atoms with van der Waals surface area (Å²) in [5, 5.41) is 0. The van der Waals surface area contributed by atoms with Gasteiger partial charge < -0.3 is 0 Å². The first-order valence-corrected chi connectivity index (χ1v) is 9.79. The summed E-state index contributed by atoms with van der Waals surface area (Å²) in [5.74, 6) is 0. The van der Waals surface area contributed by atoms with Crippen LogP contribution in [-0.4, -0.2) is 0 Å². The molecule has 0 saturated carbocycles. The van der Waals surface area contributed by atoms with Crippen molar-refractivity contribution in [1.82, 2.24) is 0 Å². The molecule has 0 nitrogen and oxygen atoms in total. The molecule has 0 spiro atoms. The van der Waals surface area contributed by atoms with Crippen LogP contribution in [0, 0.1) is 13.8 Å². The van der Waals surface area contributed by atoms with E-state index in [2.05, 4.69) is 75.4 Å². The molecule has 0 radical (unpaired) electrons. The second kappa shape index (κ2) is 15.0. The molecule has 0 aliphatic carbocycles. The first-order valence-electron chi connectivity index (χ1n) is 9.79. The lowest BCUT2D eigenvalue weighted by molar-refractivity contribution is 0.667. The largest absolute Gasteiger partial charge is 0.0654 e. The average Bonchev–Trinajstić information content (AvgIpc) is 2.68. The van der Waals surface area contributed by atoms with E-state index >= 15 is 0 Å². The van der Waals surface area contributed by atoms with Gasteiger partial charge in [0, 0.05) is 0 Å². The molecule has 0 aliphatic heterocycles. The van der Waals surface area contributed by atoms with Gasteiger partial charge in [0.1, 0.15) is 0 Å². The Kier molecular flexibility index (Phi) is 12.5. The molecule has 0 aromatic heterocycles. The number of benzene rings is 3. The van der Waals surface area contributed by atoms with Crippen molar-refractivity contribution in [2.24, 2.45) is 0 Å². The van der Waals surface area contributed by atoms with E-state index < -0.39 is 0 Å². The van der Waals surface area contributed by atoms with E-state index in [9.17, 15) is 0 Å². The van der Waals surface area contributed by atoms with Crippen molar-refractivity contribution in [3.05, 3.63) is 108 Å². The Hall–Kier alpha value is -2.34. The first-order chi connectivity index (χ1) is 12.7. The quantitative estimate of drug-likeness (QED) is 0.413. The van der Waals surface area contributed by atoms with Gasteiger partial charge >= 0.3 is 0 Å². The van der Waals surface area contributed by atoms with Crippen LogP contribution in [0.15, 0.2) is 91.0 Å². The fourth-order valence-electron chi connectivity index (χ4n) is 2.47. The molecule has 0 heteroatoms. The van der Waals surface area contributed by atoms with Gasteiger partial charge in [-0.1, -0.05) is 128 Å². The van der Waals surface area contributed by atoms with Crippen molar-refractivity contribution < 1.29 is 0 Å². The van der Waals surface area contributed by atoms with Crippen LogP contribution in [0.1, 0.15) is 49.3 Å². The lowest BCUT2D eigenvalue weighted by Gasteiger charge is -1.99. The Bertz CT molecular complexity index is 604. The van der Waals surface area contributed by atoms with E-state index in [0.29, 0.717) is 0 Å². The van der Waals surface area contributed by atoms with Crippen LogP contribution in [0.2, 0.25) is 0 Å². The van der Waals surface area contributed by atoms with E-state index in [-0.39, 0.29) is 0 Å². The van der Waals surface area contributed by atoms with Crippen LogP contribution in [0.5, 0.6) is 0 Å². The highest BCUT2D eigenvalue weighted by Crippen LogP contribution is 2.06. The minimum atomic E-state index is 1.25. The van der Waals surface area contributed by atoms with Crippen LogP contribution in [0.3, 0.4) is 0 Å². The lowest BCUT2D eigenvalue weighted by atomic mass is 10.1. The molecular formula is C26H34. The first kappa shape index (κ1) is 21.7. The number of hydrogen-bond acceptors (Lipinski definition) is 0. The second-order valence-electron chi connectivity index (χ2n) is 6.61. The molecule has 3 aromatic rings. The summed E-state index contributed by atoms with van der Waals surface area (Å²) in [5.41, 5.74) is 4.12. The minimum Gasteiger partial charge on any atom is -0.0654 e. The molecule has 0 amide bonds. The Morgan fingerprint density at radius 2 is 0.923 bits per heavy atom. The predicted molar refractivity (Wildman–Crippen MR) is 117 cm³/mol. The predicted octanol–water partition coefficient (Wildman–Crippen LogP) is 7.80. The molecule has 0 fully saturated rings. The van der Waals surface area contributed by atoms with E-state index in [1.54, 1.807) is 0 Å². The Morgan fingerprint density at radius 1 is 0.500 bits per heavy atom. The maximum absolute atomic E-state index is 2.25. The van der Waals surface area contributed by atoms with Crippen molar-refractivity contribution in [2.75, 3.05) is 0 Å². The highest BCUT2D eigenvalue weighted by Gasteiger charge is 1.90. The van der Waals surface area contributed by atoms with E-state index in [1.807, 2.05) is 36.4 Å². The standard InChI is InChI=1S/C12H18.2C7H8/c1-2-3-4-6-9-12-10-7-5-8-11-12;2*1-7-5-3-2-4-6-7/h5,7-8,10-11H,2-4,6,9H2,1H3;2*2-6H,1H3. The van der Waals surface area contributed by atoms with E-state index in [4.69, 9.17) is 0 Å². The van der Waals surface area contributed by atoms with E-state index in [1.165, 1.54) is 48.8 Å². The molecule has 138 valence electrons. The monoisotopic (exact) mass is 346 g/mol. The summed E-state index contributed by atoms with van der Waals surface area (Å²) in [4.78, 5) is 0. The van der Waals surface area contributed by atoms with Gasteiger partial charge in [-0.2, -0.15) is 0 Å². The molecule has 3 aromatic carbocycles. The van der Waals surface area contributed by atoms with Crippen molar-refractivity contribution in [2.45, 2.75) is 52.9 Å². The SMILES string of the molecule is CCCCCCc1ccccc1.Cc1ccccc1.Cc1ccccc1. The van der Waals surface area contributed by atoms with Gasteiger partial charge in [-0.25, -0.2) is 0 Å². The third-order valence-electron chi connectivity index (χ3n) is 4.04. The summed E-state index contributed by atoms with van der Waals surface area (Å²) in [6, 6.07) is 31.3. The number of rotatable bonds is 5. The van der Waals surface area contributed by atoms with Gasteiger partial charge in [0.05, 0.1) is 0 Å². The summed E-state index contributed by atoms with van der Waals surface area (Å²) >= 11 is 0.